The average Bonchev–Trinajstić information content (AvgIpc) is 3.24. The summed E-state index contributed by atoms with van der Waals surface area (Å²) >= 11 is 1.35. The van der Waals surface area contributed by atoms with Crippen molar-refractivity contribution in [2.24, 2.45) is 0 Å². The summed E-state index contributed by atoms with van der Waals surface area (Å²) in [4.78, 5) is 25.5. The van der Waals surface area contributed by atoms with E-state index in [4.69, 9.17) is 4.74 Å². The minimum atomic E-state index is -0.303. The van der Waals surface area contributed by atoms with Crippen LogP contribution in [-0.4, -0.2) is 34.1 Å². The molecule has 27 heavy (non-hydrogen) atoms. The number of aromatic amines is 1. The fourth-order valence-electron chi connectivity index (χ4n) is 3.25. The van der Waals surface area contributed by atoms with Crippen LogP contribution in [-0.2, 0) is 11.2 Å². The Balaban J connectivity index is 1.56. The van der Waals surface area contributed by atoms with E-state index < -0.39 is 0 Å². The first kappa shape index (κ1) is 17.5. The summed E-state index contributed by atoms with van der Waals surface area (Å²) in [5.41, 5.74) is 3.27. The Bertz CT molecular complexity index is 1120. The topological polar surface area (TPSA) is 79.9 Å². The highest BCUT2D eigenvalue weighted by Crippen LogP contribution is 2.33. The largest absolute Gasteiger partial charge is 0.462 e. The van der Waals surface area contributed by atoms with Crippen LogP contribution >= 0.6 is 11.3 Å². The first-order chi connectivity index (χ1) is 13.2. The lowest BCUT2D eigenvalue weighted by molar-refractivity contribution is 0.0531. The molecule has 3 aromatic heterocycles. The van der Waals surface area contributed by atoms with Crippen molar-refractivity contribution in [3.63, 3.8) is 0 Å². The molecular formula is C20H20N4O2S. The molecule has 0 unspecified atom stereocenters. The van der Waals surface area contributed by atoms with Gasteiger partial charge in [-0.3, -0.25) is 0 Å². The van der Waals surface area contributed by atoms with Crippen molar-refractivity contribution in [3.05, 3.63) is 52.8 Å². The zero-order valence-electron chi connectivity index (χ0n) is 15.2. The molecule has 0 atom stereocenters. The van der Waals surface area contributed by atoms with Crippen LogP contribution in [0.5, 0.6) is 0 Å². The summed E-state index contributed by atoms with van der Waals surface area (Å²) in [5, 5.41) is 5.54. The highest BCUT2D eigenvalue weighted by Gasteiger charge is 2.20. The lowest BCUT2D eigenvalue weighted by Gasteiger charge is -2.07. The number of H-pyrrole nitrogens is 1. The predicted octanol–water partition coefficient (Wildman–Crippen LogP) is 4.31. The monoisotopic (exact) mass is 380 g/mol. The second-order valence-corrected chi connectivity index (χ2v) is 7.21. The molecule has 0 fully saturated rings. The number of nitrogens with zero attached hydrogens (tertiary/aromatic N) is 2. The number of rotatable bonds is 6. The van der Waals surface area contributed by atoms with Crippen LogP contribution in [0.2, 0.25) is 0 Å². The van der Waals surface area contributed by atoms with Crippen molar-refractivity contribution >= 4 is 44.2 Å². The molecule has 0 bridgehead atoms. The smallest absolute Gasteiger partial charge is 0.348 e. The zero-order valence-corrected chi connectivity index (χ0v) is 16.0. The Morgan fingerprint density at radius 1 is 1.30 bits per heavy atom. The maximum absolute atomic E-state index is 12.2. The molecular weight excluding hydrogens is 360 g/mol. The molecule has 0 aliphatic carbocycles. The van der Waals surface area contributed by atoms with Crippen LogP contribution in [0.3, 0.4) is 0 Å². The molecule has 7 heteroatoms. The molecule has 0 saturated carbocycles. The third-order valence-corrected chi connectivity index (χ3v) is 5.73. The van der Waals surface area contributed by atoms with Gasteiger partial charge < -0.3 is 15.0 Å². The third-order valence-electron chi connectivity index (χ3n) is 4.55. The van der Waals surface area contributed by atoms with E-state index in [2.05, 4.69) is 38.6 Å². The van der Waals surface area contributed by atoms with Crippen LogP contribution in [0.1, 0.15) is 27.7 Å². The lowest BCUT2D eigenvalue weighted by Crippen LogP contribution is -2.07. The molecule has 0 radical (unpaired) electrons. The van der Waals surface area contributed by atoms with Crippen molar-refractivity contribution < 1.29 is 9.53 Å². The van der Waals surface area contributed by atoms with Gasteiger partial charge in [0.15, 0.2) is 0 Å². The number of ether oxygens (including phenoxy) is 1. The van der Waals surface area contributed by atoms with Crippen LogP contribution in [0.15, 0.2) is 36.8 Å². The second kappa shape index (κ2) is 7.36. The van der Waals surface area contributed by atoms with Crippen molar-refractivity contribution in [1.82, 2.24) is 15.0 Å². The number of benzene rings is 1. The number of thiophene rings is 1. The van der Waals surface area contributed by atoms with Gasteiger partial charge in [-0.25, -0.2) is 14.8 Å². The molecule has 0 aliphatic rings. The van der Waals surface area contributed by atoms with Gasteiger partial charge in [-0.2, -0.15) is 0 Å². The summed E-state index contributed by atoms with van der Waals surface area (Å²) in [6.45, 7) is 4.81. The van der Waals surface area contributed by atoms with Gasteiger partial charge in [-0.05, 0) is 37.5 Å². The van der Waals surface area contributed by atoms with Crippen LogP contribution < -0.4 is 5.32 Å². The molecule has 0 spiro atoms. The van der Waals surface area contributed by atoms with Gasteiger partial charge in [0.1, 0.15) is 21.9 Å². The van der Waals surface area contributed by atoms with E-state index in [1.54, 1.807) is 6.92 Å². The molecule has 6 nitrogen and oxygen atoms in total. The Labute approximate surface area is 160 Å². The van der Waals surface area contributed by atoms with Gasteiger partial charge in [0, 0.05) is 23.6 Å². The number of para-hydroxylation sites is 1. The Hall–Kier alpha value is -2.93. The Kier molecular flexibility index (Phi) is 4.77. The Morgan fingerprint density at radius 2 is 2.15 bits per heavy atom. The summed E-state index contributed by atoms with van der Waals surface area (Å²) in [7, 11) is 0. The number of aromatic nitrogens is 3. The molecule has 0 amide bonds. The maximum atomic E-state index is 12.2. The number of carbonyl (C=O) groups excluding carboxylic acids is 1. The fraction of sp³-hybridized carbons (Fsp3) is 0.250. The lowest BCUT2D eigenvalue weighted by atomic mass is 10.1. The molecule has 0 aliphatic heterocycles. The van der Waals surface area contributed by atoms with Crippen LogP contribution in [0, 0.1) is 6.92 Å². The van der Waals surface area contributed by atoms with Gasteiger partial charge in [0.2, 0.25) is 0 Å². The number of carbonyl (C=O) groups is 1. The second-order valence-electron chi connectivity index (χ2n) is 6.22. The van der Waals surface area contributed by atoms with Gasteiger partial charge in [0.05, 0.1) is 12.0 Å². The number of aryl methyl sites for hydroxylation is 1. The fourth-order valence-corrected chi connectivity index (χ4v) is 4.29. The molecule has 3 heterocycles. The molecule has 138 valence electrons. The maximum Gasteiger partial charge on any atom is 0.348 e. The highest BCUT2D eigenvalue weighted by molar-refractivity contribution is 7.20. The predicted molar refractivity (Wildman–Crippen MR) is 109 cm³/mol. The summed E-state index contributed by atoms with van der Waals surface area (Å²) in [5.74, 6) is 0.451. The zero-order chi connectivity index (χ0) is 18.8. The van der Waals surface area contributed by atoms with Gasteiger partial charge in [-0.15, -0.1) is 11.3 Å². The average molecular weight is 380 g/mol. The van der Waals surface area contributed by atoms with E-state index in [0.717, 1.165) is 40.1 Å². The number of fused-ring (bicyclic) bond motifs is 2. The molecule has 2 N–H and O–H groups in total. The molecule has 4 aromatic rings. The van der Waals surface area contributed by atoms with Crippen LogP contribution in [0.25, 0.3) is 21.1 Å². The van der Waals surface area contributed by atoms with E-state index in [1.165, 1.54) is 28.6 Å². The van der Waals surface area contributed by atoms with E-state index in [0.29, 0.717) is 11.5 Å². The minimum Gasteiger partial charge on any atom is -0.462 e. The molecule has 0 saturated heterocycles. The SMILES string of the molecule is CCOC(=O)c1sc2ncnc(NCCc3c[nH]c4ccccc34)c2c1C. The van der Waals surface area contributed by atoms with E-state index in [9.17, 15) is 4.79 Å². The van der Waals surface area contributed by atoms with Crippen molar-refractivity contribution in [2.75, 3.05) is 18.5 Å². The van der Waals surface area contributed by atoms with E-state index in [-0.39, 0.29) is 5.97 Å². The van der Waals surface area contributed by atoms with Gasteiger partial charge in [0.25, 0.3) is 0 Å². The standard InChI is InChI=1S/C20H20N4O2S/c1-3-26-20(25)17-12(2)16-18(23-11-24-19(16)27-17)21-9-8-13-10-22-15-7-5-4-6-14(13)15/h4-7,10-11,22H,3,8-9H2,1-2H3,(H,21,23,24). The van der Waals surface area contributed by atoms with Gasteiger partial charge in [-0.1, -0.05) is 18.2 Å². The van der Waals surface area contributed by atoms with E-state index in [1.807, 2.05) is 19.1 Å². The number of hydrogen-bond acceptors (Lipinski definition) is 6. The highest BCUT2D eigenvalue weighted by atomic mass is 32.1. The van der Waals surface area contributed by atoms with Crippen LogP contribution in [0.4, 0.5) is 5.82 Å². The third kappa shape index (κ3) is 3.26. The first-order valence-electron chi connectivity index (χ1n) is 8.89. The number of anilines is 1. The van der Waals surface area contributed by atoms with Crippen molar-refractivity contribution in [3.8, 4) is 0 Å². The number of hydrogen-bond donors (Lipinski definition) is 2. The first-order valence-corrected chi connectivity index (χ1v) is 9.70. The summed E-state index contributed by atoms with van der Waals surface area (Å²) < 4.78 is 5.15. The number of nitrogens with one attached hydrogen (secondary N) is 2. The number of esters is 1. The molecule has 4 rings (SSSR count). The Morgan fingerprint density at radius 3 is 3.00 bits per heavy atom. The van der Waals surface area contributed by atoms with E-state index >= 15 is 0 Å². The van der Waals surface area contributed by atoms with Crippen molar-refractivity contribution in [2.45, 2.75) is 20.3 Å². The van der Waals surface area contributed by atoms with Crippen molar-refractivity contribution in [1.29, 1.82) is 0 Å². The quantitative estimate of drug-likeness (QED) is 0.487. The summed E-state index contributed by atoms with van der Waals surface area (Å²) in [6.07, 6.45) is 4.45. The molecule has 1 aromatic carbocycles. The summed E-state index contributed by atoms with van der Waals surface area (Å²) in [6, 6.07) is 8.27. The van der Waals surface area contributed by atoms with Gasteiger partial charge >= 0.3 is 5.97 Å². The minimum absolute atomic E-state index is 0.303. The normalized spacial score (nSPS) is 11.2.